The summed E-state index contributed by atoms with van der Waals surface area (Å²) in [5.74, 6) is 0.785. The summed E-state index contributed by atoms with van der Waals surface area (Å²) >= 11 is 0. The minimum absolute atomic E-state index is 0.698. The molecular weight excluding hydrogens is 228 g/mol. The molecule has 2 rings (SSSR count). The highest BCUT2D eigenvalue weighted by Gasteiger charge is 2.14. The highest BCUT2D eigenvalue weighted by molar-refractivity contribution is 6.02. The van der Waals surface area contributed by atoms with E-state index in [0.29, 0.717) is 12.3 Å². The van der Waals surface area contributed by atoms with Gasteiger partial charge in [-0.2, -0.15) is 0 Å². The van der Waals surface area contributed by atoms with Crippen molar-refractivity contribution in [2.24, 2.45) is 5.16 Å². The molecule has 1 heterocycles. The second kappa shape index (κ2) is 6.40. The molecule has 0 saturated carbocycles. The van der Waals surface area contributed by atoms with Gasteiger partial charge in [0.25, 0.3) is 0 Å². The van der Waals surface area contributed by atoms with E-state index in [-0.39, 0.29) is 0 Å². The summed E-state index contributed by atoms with van der Waals surface area (Å²) in [6.45, 7) is 2.87. The van der Waals surface area contributed by atoms with Crippen molar-refractivity contribution >= 4 is 5.71 Å². The van der Waals surface area contributed by atoms with Crippen molar-refractivity contribution in [3.05, 3.63) is 29.8 Å². The van der Waals surface area contributed by atoms with E-state index in [0.717, 1.165) is 24.4 Å². The maximum absolute atomic E-state index is 9.19. The minimum Gasteiger partial charge on any atom is -0.497 e. The monoisotopic (exact) mass is 248 g/mol. The van der Waals surface area contributed by atoms with Crippen LogP contribution in [0.5, 0.6) is 5.75 Å². The Morgan fingerprint density at radius 2 is 2.11 bits per heavy atom. The molecule has 0 unspecified atom stereocenters. The lowest BCUT2D eigenvalue weighted by Crippen LogP contribution is -2.34. The van der Waals surface area contributed by atoms with Gasteiger partial charge < -0.3 is 9.94 Å². The Morgan fingerprint density at radius 1 is 1.33 bits per heavy atom. The van der Waals surface area contributed by atoms with E-state index in [4.69, 9.17) is 4.74 Å². The molecule has 0 amide bonds. The van der Waals surface area contributed by atoms with Crippen LogP contribution < -0.4 is 4.74 Å². The van der Waals surface area contributed by atoms with Crippen molar-refractivity contribution in [1.82, 2.24) is 4.90 Å². The zero-order chi connectivity index (χ0) is 12.8. The Balaban J connectivity index is 2.07. The summed E-state index contributed by atoms with van der Waals surface area (Å²) in [6.07, 6.45) is 3.77. The number of likely N-dealkylation sites (tertiary alicyclic amines) is 1. The van der Waals surface area contributed by atoms with E-state index in [1.807, 2.05) is 24.3 Å². The highest BCUT2D eigenvalue weighted by atomic mass is 16.5. The summed E-state index contributed by atoms with van der Waals surface area (Å²) < 4.78 is 5.19. The van der Waals surface area contributed by atoms with Gasteiger partial charge >= 0.3 is 0 Å². The molecular formula is C14H20N2O2. The Hall–Kier alpha value is -1.55. The third-order valence-corrected chi connectivity index (χ3v) is 3.35. The van der Waals surface area contributed by atoms with Crippen molar-refractivity contribution in [3.63, 3.8) is 0 Å². The maximum Gasteiger partial charge on any atom is 0.119 e. The van der Waals surface area contributed by atoms with Crippen LogP contribution in [0, 0.1) is 0 Å². The third-order valence-electron chi connectivity index (χ3n) is 3.35. The Labute approximate surface area is 108 Å². The van der Waals surface area contributed by atoms with Gasteiger partial charge in [0.2, 0.25) is 0 Å². The number of hydrogen-bond acceptors (Lipinski definition) is 4. The van der Waals surface area contributed by atoms with Crippen LogP contribution in [0.4, 0.5) is 0 Å². The number of hydrogen-bond donors (Lipinski definition) is 1. The van der Waals surface area contributed by atoms with Crippen LogP contribution in [-0.2, 0) is 0 Å². The molecule has 4 nitrogen and oxygen atoms in total. The molecule has 1 saturated heterocycles. The summed E-state index contributed by atoms with van der Waals surface area (Å²) in [4.78, 5) is 2.33. The Kier molecular flexibility index (Phi) is 4.59. The fourth-order valence-electron chi connectivity index (χ4n) is 2.31. The lowest BCUT2D eigenvalue weighted by atomic mass is 10.1. The summed E-state index contributed by atoms with van der Waals surface area (Å²) in [5, 5.41) is 12.6. The lowest BCUT2D eigenvalue weighted by Gasteiger charge is -2.26. The molecule has 98 valence electrons. The van der Waals surface area contributed by atoms with Crippen LogP contribution in [0.2, 0.25) is 0 Å². The molecule has 1 fully saturated rings. The van der Waals surface area contributed by atoms with Crippen molar-refractivity contribution in [2.75, 3.05) is 26.7 Å². The highest BCUT2D eigenvalue weighted by Crippen LogP contribution is 2.15. The standard InChI is InChI=1S/C14H20N2O2/c1-18-13-7-5-6-12(10-13)14(15-17)11-16-8-3-2-4-9-16/h5-7,10,17H,2-4,8-9,11H2,1H3. The third kappa shape index (κ3) is 3.23. The van der Waals surface area contributed by atoms with Crippen LogP contribution in [0.15, 0.2) is 29.4 Å². The van der Waals surface area contributed by atoms with Gasteiger partial charge in [0, 0.05) is 12.1 Å². The van der Waals surface area contributed by atoms with Crippen LogP contribution >= 0.6 is 0 Å². The van der Waals surface area contributed by atoms with E-state index in [1.54, 1.807) is 7.11 Å². The average molecular weight is 248 g/mol. The van der Waals surface area contributed by atoms with Crippen molar-refractivity contribution in [2.45, 2.75) is 19.3 Å². The van der Waals surface area contributed by atoms with Gasteiger partial charge in [-0.25, -0.2) is 0 Å². The first kappa shape index (κ1) is 12.9. The quantitative estimate of drug-likeness (QED) is 0.505. The van der Waals surface area contributed by atoms with E-state index < -0.39 is 0 Å². The molecule has 1 aromatic carbocycles. The molecule has 1 N–H and O–H groups in total. The molecule has 0 radical (unpaired) electrons. The van der Waals surface area contributed by atoms with E-state index >= 15 is 0 Å². The first-order chi connectivity index (χ1) is 8.83. The average Bonchev–Trinajstić information content (AvgIpc) is 2.46. The SMILES string of the molecule is COc1cccc(C(CN2CCCCC2)=NO)c1. The first-order valence-electron chi connectivity index (χ1n) is 6.41. The van der Waals surface area contributed by atoms with Gasteiger partial charge in [-0.1, -0.05) is 23.7 Å². The summed E-state index contributed by atoms with van der Waals surface area (Å²) in [6, 6.07) is 7.65. The van der Waals surface area contributed by atoms with E-state index in [2.05, 4.69) is 10.1 Å². The van der Waals surface area contributed by atoms with E-state index in [9.17, 15) is 5.21 Å². The second-order valence-electron chi connectivity index (χ2n) is 4.62. The molecule has 0 aromatic heterocycles. The molecule has 18 heavy (non-hydrogen) atoms. The number of benzene rings is 1. The zero-order valence-electron chi connectivity index (χ0n) is 10.8. The Morgan fingerprint density at radius 3 is 2.78 bits per heavy atom. The van der Waals surface area contributed by atoms with E-state index in [1.165, 1.54) is 19.3 Å². The van der Waals surface area contributed by atoms with Crippen LogP contribution in [0.1, 0.15) is 24.8 Å². The van der Waals surface area contributed by atoms with Gasteiger partial charge in [0.05, 0.1) is 7.11 Å². The Bertz CT molecular complexity index is 412. The molecule has 0 aliphatic carbocycles. The van der Waals surface area contributed by atoms with Gasteiger partial charge in [0.15, 0.2) is 0 Å². The largest absolute Gasteiger partial charge is 0.497 e. The fourth-order valence-corrected chi connectivity index (χ4v) is 2.31. The number of rotatable bonds is 4. The van der Waals surface area contributed by atoms with Crippen LogP contribution in [-0.4, -0.2) is 42.6 Å². The van der Waals surface area contributed by atoms with Crippen molar-refractivity contribution in [3.8, 4) is 5.75 Å². The molecule has 1 aliphatic rings. The fraction of sp³-hybridized carbons (Fsp3) is 0.500. The summed E-state index contributed by atoms with van der Waals surface area (Å²) in [5.41, 5.74) is 1.62. The van der Waals surface area contributed by atoms with Crippen LogP contribution in [0.25, 0.3) is 0 Å². The molecule has 0 spiro atoms. The smallest absolute Gasteiger partial charge is 0.119 e. The minimum atomic E-state index is 0.698. The maximum atomic E-state index is 9.19. The molecule has 1 aliphatic heterocycles. The first-order valence-corrected chi connectivity index (χ1v) is 6.41. The van der Waals surface area contributed by atoms with Crippen molar-refractivity contribution < 1.29 is 9.94 Å². The number of methoxy groups -OCH3 is 1. The van der Waals surface area contributed by atoms with Crippen molar-refractivity contribution in [1.29, 1.82) is 0 Å². The lowest BCUT2D eigenvalue weighted by molar-refractivity contribution is 0.253. The van der Waals surface area contributed by atoms with Gasteiger partial charge in [-0.15, -0.1) is 0 Å². The zero-order valence-corrected chi connectivity index (χ0v) is 10.8. The topological polar surface area (TPSA) is 45.1 Å². The number of ether oxygens (including phenoxy) is 1. The number of oxime groups is 1. The molecule has 1 aromatic rings. The normalized spacial score (nSPS) is 17.7. The predicted octanol–water partition coefficient (Wildman–Crippen LogP) is 2.36. The molecule has 4 heteroatoms. The van der Waals surface area contributed by atoms with Crippen LogP contribution in [0.3, 0.4) is 0 Å². The predicted molar refractivity (Wildman–Crippen MR) is 71.6 cm³/mol. The van der Waals surface area contributed by atoms with Gasteiger partial charge in [-0.05, 0) is 38.1 Å². The molecule has 0 atom stereocenters. The number of nitrogens with zero attached hydrogens (tertiary/aromatic N) is 2. The number of piperidine rings is 1. The molecule has 0 bridgehead atoms. The second-order valence-corrected chi connectivity index (χ2v) is 4.62. The van der Waals surface area contributed by atoms with Gasteiger partial charge in [0.1, 0.15) is 11.5 Å². The van der Waals surface area contributed by atoms with Gasteiger partial charge in [-0.3, -0.25) is 4.90 Å². The summed E-state index contributed by atoms with van der Waals surface area (Å²) in [7, 11) is 1.64.